The minimum absolute atomic E-state index is 0.0200. The summed E-state index contributed by atoms with van der Waals surface area (Å²) in [6.07, 6.45) is -1.84. The highest BCUT2D eigenvalue weighted by atomic mass is 16.7. The molecule has 0 bridgehead atoms. The summed E-state index contributed by atoms with van der Waals surface area (Å²) < 4.78 is 19.1. The smallest absolute Gasteiger partial charge is 0.323 e. The van der Waals surface area contributed by atoms with E-state index in [1.165, 1.54) is 0 Å². The first-order valence-electron chi connectivity index (χ1n) is 17.2. The van der Waals surface area contributed by atoms with Crippen molar-refractivity contribution >= 4 is 17.4 Å². The van der Waals surface area contributed by atoms with Gasteiger partial charge in [-0.2, -0.15) is 0 Å². The number of likely N-dealkylation sites (N-methyl/N-ethyl adjacent to an activating group) is 1. The number of para-hydroxylation sites is 1. The molecule has 9 nitrogen and oxygen atoms in total. The Balaban J connectivity index is 1.12. The Labute approximate surface area is 299 Å². The molecule has 0 radical (unpaired) electrons. The molecule has 1 saturated heterocycles. The zero-order chi connectivity index (χ0) is 35.7. The van der Waals surface area contributed by atoms with E-state index in [0.717, 1.165) is 28.0 Å². The maximum absolute atomic E-state index is 12.8. The van der Waals surface area contributed by atoms with E-state index in [1.54, 1.807) is 24.3 Å². The molecule has 0 unspecified atom stereocenters. The van der Waals surface area contributed by atoms with Gasteiger partial charge in [0.25, 0.3) is 0 Å². The van der Waals surface area contributed by atoms with Gasteiger partial charge in [-0.1, -0.05) is 91.9 Å². The molecule has 1 heterocycles. The summed E-state index contributed by atoms with van der Waals surface area (Å²) in [5, 5.41) is 26.5. The molecule has 0 saturated carbocycles. The van der Waals surface area contributed by atoms with Crippen LogP contribution in [0.25, 0.3) is 0 Å². The number of rotatable bonds is 12. The van der Waals surface area contributed by atoms with Gasteiger partial charge in [-0.05, 0) is 79.2 Å². The lowest BCUT2D eigenvalue weighted by atomic mass is 9.89. The summed E-state index contributed by atoms with van der Waals surface area (Å²) in [6.45, 7) is 4.67. The number of aliphatic hydroxyl groups excluding tert-OH is 2. The van der Waals surface area contributed by atoms with Crippen LogP contribution in [0.5, 0.6) is 11.5 Å². The summed E-state index contributed by atoms with van der Waals surface area (Å²) in [5.74, 6) is 1.39. The van der Waals surface area contributed by atoms with Crippen molar-refractivity contribution in [2.45, 2.75) is 51.1 Å². The molecule has 0 spiro atoms. The van der Waals surface area contributed by atoms with Gasteiger partial charge in [0.1, 0.15) is 11.5 Å². The van der Waals surface area contributed by atoms with Crippen molar-refractivity contribution in [2.24, 2.45) is 5.92 Å². The summed E-state index contributed by atoms with van der Waals surface area (Å²) in [5.41, 5.74) is 4.74. The molecule has 1 aliphatic rings. The quantitative estimate of drug-likeness (QED) is 0.104. The first kappa shape index (κ1) is 35.8. The monoisotopic (exact) mass is 687 g/mol. The molecule has 6 atom stereocenters. The highest BCUT2D eigenvalue weighted by Gasteiger charge is 2.39. The number of benzene rings is 5. The fraction of sp³-hybridized carbons (Fsp3) is 0.262. The van der Waals surface area contributed by atoms with Gasteiger partial charge in [0.05, 0.1) is 24.9 Å². The number of ether oxygens (including phenoxy) is 3. The van der Waals surface area contributed by atoms with Crippen LogP contribution in [0, 0.1) is 5.92 Å². The molecule has 4 N–H and O–H groups in total. The van der Waals surface area contributed by atoms with Crippen molar-refractivity contribution in [3.63, 3.8) is 0 Å². The lowest BCUT2D eigenvalue weighted by Gasteiger charge is -2.43. The summed E-state index contributed by atoms with van der Waals surface area (Å²) in [4.78, 5) is 15.0. The predicted octanol–water partition coefficient (Wildman–Crippen LogP) is 8.46. The Hall–Kier alpha value is -5.03. The Kier molecular flexibility index (Phi) is 11.8. The molecule has 2 amide bonds. The largest absolute Gasteiger partial charge is 0.457 e. The number of aliphatic hydroxyl groups is 2. The van der Waals surface area contributed by atoms with Crippen molar-refractivity contribution in [1.82, 2.24) is 4.90 Å². The normalized spacial score (nSPS) is 20.0. The van der Waals surface area contributed by atoms with Crippen LogP contribution >= 0.6 is 0 Å². The predicted molar refractivity (Wildman–Crippen MR) is 199 cm³/mol. The molecule has 1 aliphatic heterocycles. The van der Waals surface area contributed by atoms with Crippen LogP contribution in [-0.4, -0.2) is 46.9 Å². The molecule has 51 heavy (non-hydrogen) atoms. The second-order valence-electron chi connectivity index (χ2n) is 13.0. The number of amides is 2. The average molecular weight is 688 g/mol. The molecule has 5 aromatic rings. The van der Waals surface area contributed by atoms with Crippen LogP contribution in [0.1, 0.15) is 54.6 Å². The molecule has 264 valence electrons. The highest BCUT2D eigenvalue weighted by molar-refractivity contribution is 5.99. The van der Waals surface area contributed by atoms with Crippen molar-refractivity contribution < 1.29 is 29.2 Å². The summed E-state index contributed by atoms with van der Waals surface area (Å²) in [6, 6.07) is 41.0. The SMILES string of the molecule is C[C@H]1[C@@H](CN(C)[C@H](C)[C@@H](O)c2ccccc2)O[C@@H](c2ccc(NC(=O)Nc3ccc(Oc4ccccc4)cc3)cc2)O[C@H]1c1ccc(CO)cc1. The number of hydrogen-bond donors (Lipinski definition) is 4. The fourth-order valence-electron chi connectivity index (χ4n) is 6.20. The van der Waals surface area contributed by atoms with Crippen LogP contribution in [0.4, 0.5) is 16.2 Å². The van der Waals surface area contributed by atoms with Gasteiger partial charge in [0.15, 0.2) is 6.29 Å². The summed E-state index contributed by atoms with van der Waals surface area (Å²) in [7, 11) is 2.00. The van der Waals surface area contributed by atoms with Crippen molar-refractivity contribution in [1.29, 1.82) is 0 Å². The standard InChI is InChI=1S/C42H45N3O6/c1-28-38(26-45(3)29(2)39(47)31-10-6-4-7-11-31)50-41(51-40(28)32-16-14-30(27-46)15-17-32)33-18-20-34(21-19-33)43-42(48)44-35-22-24-37(25-23-35)49-36-12-8-5-9-13-36/h4-25,28-29,38-41,46-47H,26-27H2,1-3H3,(H2,43,44,48)/t28-,29+,38+,39+,40+,41+/m0/s1. The van der Waals surface area contributed by atoms with E-state index < -0.39 is 12.4 Å². The van der Waals surface area contributed by atoms with E-state index in [1.807, 2.05) is 123 Å². The Morgan fingerprint density at radius 2 is 1.31 bits per heavy atom. The lowest BCUT2D eigenvalue weighted by Crippen LogP contribution is -2.46. The van der Waals surface area contributed by atoms with Crippen LogP contribution in [0.3, 0.4) is 0 Å². The number of nitrogens with zero attached hydrogens (tertiary/aromatic N) is 1. The van der Waals surface area contributed by atoms with Crippen molar-refractivity contribution in [3.05, 3.63) is 156 Å². The van der Waals surface area contributed by atoms with E-state index in [2.05, 4.69) is 22.5 Å². The second-order valence-corrected chi connectivity index (χ2v) is 13.0. The molecule has 0 aliphatic carbocycles. The van der Waals surface area contributed by atoms with E-state index in [9.17, 15) is 15.0 Å². The molecule has 0 aromatic heterocycles. The third-order valence-corrected chi connectivity index (χ3v) is 9.42. The fourth-order valence-corrected chi connectivity index (χ4v) is 6.20. The Bertz CT molecular complexity index is 1820. The molecular formula is C42H45N3O6. The molecule has 9 heteroatoms. The number of urea groups is 1. The second kappa shape index (κ2) is 16.8. The average Bonchev–Trinajstić information content (AvgIpc) is 3.17. The van der Waals surface area contributed by atoms with Gasteiger partial charge in [-0.15, -0.1) is 0 Å². The van der Waals surface area contributed by atoms with Gasteiger partial charge in [-0.3, -0.25) is 4.90 Å². The lowest BCUT2D eigenvalue weighted by molar-refractivity contribution is -0.276. The van der Waals surface area contributed by atoms with Crippen LogP contribution in [0.15, 0.2) is 133 Å². The number of carbonyl (C=O) groups is 1. The molecule has 5 aromatic carbocycles. The molecular weight excluding hydrogens is 642 g/mol. The molecule has 6 rings (SSSR count). The van der Waals surface area contributed by atoms with Crippen molar-refractivity contribution in [3.8, 4) is 11.5 Å². The van der Waals surface area contributed by atoms with Crippen molar-refractivity contribution in [2.75, 3.05) is 24.2 Å². The topological polar surface area (TPSA) is 113 Å². The number of hydrogen-bond acceptors (Lipinski definition) is 7. The minimum Gasteiger partial charge on any atom is -0.457 e. The minimum atomic E-state index is -0.670. The van der Waals surface area contributed by atoms with E-state index in [-0.39, 0.29) is 36.8 Å². The van der Waals surface area contributed by atoms with Gasteiger partial charge < -0.3 is 35.1 Å². The van der Waals surface area contributed by atoms with Gasteiger partial charge in [-0.25, -0.2) is 4.79 Å². The first-order chi connectivity index (χ1) is 24.8. The number of nitrogens with one attached hydrogen (secondary N) is 2. The van der Waals surface area contributed by atoms with Crippen LogP contribution < -0.4 is 15.4 Å². The third-order valence-electron chi connectivity index (χ3n) is 9.42. The van der Waals surface area contributed by atoms with Gasteiger partial charge in [0.2, 0.25) is 0 Å². The van der Waals surface area contributed by atoms with Gasteiger partial charge >= 0.3 is 6.03 Å². The Morgan fingerprint density at radius 3 is 1.92 bits per heavy atom. The van der Waals surface area contributed by atoms with E-state index in [4.69, 9.17) is 14.2 Å². The number of carbonyl (C=O) groups excluding carboxylic acids is 1. The number of anilines is 2. The van der Waals surface area contributed by atoms with E-state index >= 15 is 0 Å². The van der Waals surface area contributed by atoms with Crippen LogP contribution in [0.2, 0.25) is 0 Å². The maximum atomic E-state index is 12.8. The molecule has 1 fully saturated rings. The first-order valence-corrected chi connectivity index (χ1v) is 17.2. The van der Waals surface area contributed by atoms with Gasteiger partial charge in [0, 0.05) is 35.4 Å². The van der Waals surface area contributed by atoms with Crippen LogP contribution in [-0.2, 0) is 16.1 Å². The maximum Gasteiger partial charge on any atom is 0.323 e. The zero-order valence-corrected chi connectivity index (χ0v) is 29.1. The highest BCUT2D eigenvalue weighted by Crippen LogP contribution is 2.42. The summed E-state index contributed by atoms with van der Waals surface area (Å²) >= 11 is 0. The van der Waals surface area contributed by atoms with E-state index in [0.29, 0.717) is 23.7 Å². The third kappa shape index (κ3) is 9.21. The Morgan fingerprint density at radius 1 is 0.765 bits per heavy atom. The zero-order valence-electron chi connectivity index (χ0n) is 29.1.